The van der Waals surface area contributed by atoms with Crippen LogP contribution in [0.3, 0.4) is 0 Å². The van der Waals surface area contributed by atoms with E-state index in [0.29, 0.717) is 18.3 Å². The van der Waals surface area contributed by atoms with E-state index in [1.807, 2.05) is 13.2 Å². The summed E-state index contributed by atoms with van der Waals surface area (Å²) >= 11 is 0. The highest BCUT2D eigenvalue weighted by Crippen LogP contribution is 2.23. The molecular formula is C12H17N5O2. The number of hydrogen-bond donors (Lipinski definition) is 1. The van der Waals surface area contributed by atoms with Crippen molar-refractivity contribution in [1.29, 1.82) is 0 Å². The van der Waals surface area contributed by atoms with Gasteiger partial charge in [-0.05, 0) is 6.42 Å². The molecule has 0 amide bonds. The zero-order valence-corrected chi connectivity index (χ0v) is 11.1. The molecule has 102 valence electrons. The van der Waals surface area contributed by atoms with Gasteiger partial charge in [-0.15, -0.1) is 0 Å². The van der Waals surface area contributed by atoms with Crippen LogP contribution in [0, 0.1) is 0 Å². The standard InChI is InChI=1S/C12H17N5O2/c1-3-9-8(6-17(2)15-9)12-14-11(16-19-12)10-7-18-5-4-13-10/h6,10,13H,3-5,7H2,1-2H3. The predicted octanol–water partition coefficient (Wildman–Crippen LogP) is 0.693. The molecule has 2 aromatic rings. The van der Waals surface area contributed by atoms with Gasteiger partial charge in [-0.3, -0.25) is 4.68 Å². The summed E-state index contributed by atoms with van der Waals surface area (Å²) in [5.41, 5.74) is 1.87. The third-order valence-corrected chi connectivity index (χ3v) is 3.15. The number of morpholine rings is 1. The second kappa shape index (κ2) is 5.10. The minimum atomic E-state index is 0.00741. The van der Waals surface area contributed by atoms with E-state index in [4.69, 9.17) is 9.26 Å². The molecule has 3 heterocycles. The van der Waals surface area contributed by atoms with E-state index in [9.17, 15) is 0 Å². The van der Waals surface area contributed by atoms with Gasteiger partial charge < -0.3 is 14.6 Å². The third kappa shape index (κ3) is 2.39. The number of ether oxygens (including phenoxy) is 1. The largest absolute Gasteiger partial charge is 0.378 e. The Labute approximate surface area is 110 Å². The monoisotopic (exact) mass is 263 g/mol. The van der Waals surface area contributed by atoms with Crippen molar-refractivity contribution in [2.75, 3.05) is 19.8 Å². The molecule has 7 nitrogen and oxygen atoms in total. The van der Waals surface area contributed by atoms with Crippen LogP contribution in [0.15, 0.2) is 10.7 Å². The van der Waals surface area contributed by atoms with Crippen LogP contribution in [0.4, 0.5) is 0 Å². The maximum absolute atomic E-state index is 5.40. The van der Waals surface area contributed by atoms with Crippen LogP contribution < -0.4 is 5.32 Å². The summed E-state index contributed by atoms with van der Waals surface area (Å²) in [6.45, 7) is 4.16. The molecule has 2 aromatic heterocycles. The van der Waals surface area contributed by atoms with Crippen molar-refractivity contribution in [1.82, 2.24) is 25.2 Å². The lowest BCUT2D eigenvalue weighted by Gasteiger charge is -2.20. The van der Waals surface area contributed by atoms with Crippen molar-refractivity contribution >= 4 is 0 Å². The number of aromatic nitrogens is 4. The van der Waals surface area contributed by atoms with E-state index in [1.54, 1.807) is 4.68 Å². The van der Waals surface area contributed by atoms with Crippen molar-refractivity contribution in [3.63, 3.8) is 0 Å². The first-order valence-corrected chi connectivity index (χ1v) is 6.45. The summed E-state index contributed by atoms with van der Waals surface area (Å²) in [5.74, 6) is 1.16. The summed E-state index contributed by atoms with van der Waals surface area (Å²) in [7, 11) is 1.89. The van der Waals surface area contributed by atoms with Crippen LogP contribution in [-0.4, -0.2) is 39.7 Å². The van der Waals surface area contributed by atoms with Gasteiger partial charge in [-0.2, -0.15) is 10.1 Å². The normalized spacial score (nSPS) is 19.8. The van der Waals surface area contributed by atoms with Gasteiger partial charge in [-0.25, -0.2) is 0 Å². The van der Waals surface area contributed by atoms with E-state index in [2.05, 4.69) is 27.5 Å². The summed E-state index contributed by atoms with van der Waals surface area (Å²) in [5, 5.41) is 11.7. The molecule has 0 aliphatic carbocycles. The molecule has 1 atom stereocenters. The molecule has 3 rings (SSSR count). The molecule has 7 heteroatoms. The minimum Gasteiger partial charge on any atom is -0.378 e. The Bertz CT molecular complexity index is 556. The molecule has 1 fully saturated rings. The fourth-order valence-electron chi connectivity index (χ4n) is 2.19. The SMILES string of the molecule is CCc1nn(C)cc1-c1nc(C2COCCN2)no1. The summed E-state index contributed by atoms with van der Waals surface area (Å²) in [6, 6.07) is 0.00741. The Kier molecular flexibility index (Phi) is 3.31. The highest BCUT2D eigenvalue weighted by atomic mass is 16.5. The van der Waals surface area contributed by atoms with Crippen LogP contribution in [0.2, 0.25) is 0 Å². The molecule has 1 N–H and O–H groups in total. The molecule has 1 saturated heterocycles. The maximum Gasteiger partial charge on any atom is 0.261 e. The predicted molar refractivity (Wildman–Crippen MR) is 67.4 cm³/mol. The molecule has 0 spiro atoms. The quantitative estimate of drug-likeness (QED) is 0.878. The van der Waals surface area contributed by atoms with Crippen LogP contribution in [0.25, 0.3) is 11.5 Å². The van der Waals surface area contributed by atoms with Crippen LogP contribution in [-0.2, 0) is 18.2 Å². The first-order chi connectivity index (χ1) is 9.28. The molecule has 0 radical (unpaired) electrons. The Balaban J connectivity index is 1.87. The van der Waals surface area contributed by atoms with Gasteiger partial charge in [0, 0.05) is 19.8 Å². The molecule has 0 bridgehead atoms. The zero-order chi connectivity index (χ0) is 13.2. The van der Waals surface area contributed by atoms with Crippen LogP contribution in [0.1, 0.15) is 24.5 Å². The van der Waals surface area contributed by atoms with E-state index >= 15 is 0 Å². The number of nitrogens with zero attached hydrogens (tertiary/aromatic N) is 4. The zero-order valence-electron chi connectivity index (χ0n) is 11.1. The van der Waals surface area contributed by atoms with Gasteiger partial charge in [-0.1, -0.05) is 12.1 Å². The smallest absolute Gasteiger partial charge is 0.261 e. The molecule has 0 saturated carbocycles. The lowest BCUT2D eigenvalue weighted by Crippen LogP contribution is -2.35. The Morgan fingerprint density at radius 1 is 1.53 bits per heavy atom. The highest BCUT2D eigenvalue weighted by molar-refractivity contribution is 5.55. The summed E-state index contributed by atoms with van der Waals surface area (Å²) in [6.07, 6.45) is 2.74. The lowest BCUT2D eigenvalue weighted by atomic mass is 10.2. The first-order valence-electron chi connectivity index (χ1n) is 6.45. The van der Waals surface area contributed by atoms with E-state index in [0.717, 1.165) is 30.8 Å². The van der Waals surface area contributed by atoms with E-state index < -0.39 is 0 Å². The fourth-order valence-corrected chi connectivity index (χ4v) is 2.19. The average Bonchev–Trinajstić information content (AvgIpc) is 3.05. The average molecular weight is 263 g/mol. The number of hydrogen-bond acceptors (Lipinski definition) is 6. The Morgan fingerprint density at radius 2 is 2.42 bits per heavy atom. The number of aryl methyl sites for hydroxylation is 2. The second-order valence-electron chi connectivity index (χ2n) is 4.56. The van der Waals surface area contributed by atoms with Gasteiger partial charge in [0.1, 0.15) is 0 Å². The molecule has 0 aromatic carbocycles. The van der Waals surface area contributed by atoms with Crippen molar-refractivity contribution < 1.29 is 9.26 Å². The third-order valence-electron chi connectivity index (χ3n) is 3.15. The topological polar surface area (TPSA) is 78.0 Å². The number of rotatable bonds is 3. The van der Waals surface area contributed by atoms with Crippen LogP contribution >= 0.6 is 0 Å². The molecule has 1 unspecified atom stereocenters. The molecule has 1 aliphatic heterocycles. The molecule has 19 heavy (non-hydrogen) atoms. The first kappa shape index (κ1) is 12.3. The van der Waals surface area contributed by atoms with E-state index in [-0.39, 0.29) is 6.04 Å². The Morgan fingerprint density at radius 3 is 3.16 bits per heavy atom. The van der Waals surface area contributed by atoms with Gasteiger partial charge in [0.05, 0.1) is 30.5 Å². The van der Waals surface area contributed by atoms with Gasteiger partial charge >= 0.3 is 0 Å². The highest BCUT2D eigenvalue weighted by Gasteiger charge is 2.22. The van der Waals surface area contributed by atoms with Gasteiger partial charge in [0.15, 0.2) is 5.82 Å². The van der Waals surface area contributed by atoms with Crippen LogP contribution in [0.5, 0.6) is 0 Å². The van der Waals surface area contributed by atoms with Crippen molar-refractivity contribution in [3.8, 4) is 11.5 Å². The lowest BCUT2D eigenvalue weighted by molar-refractivity contribution is 0.0734. The maximum atomic E-state index is 5.40. The molecule has 1 aliphatic rings. The van der Waals surface area contributed by atoms with Crippen molar-refractivity contribution in [2.45, 2.75) is 19.4 Å². The second-order valence-corrected chi connectivity index (χ2v) is 4.56. The van der Waals surface area contributed by atoms with Crippen molar-refractivity contribution in [3.05, 3.63) is 17.7 Å². The Hall–Kier alpha value is -1.73. The summed E-state index contributed by atoms with van der Waals surface area (Å²) < 4.78 is 12.5. The van der Waals surface area contributed by atoms with Crippen molar-refractivity contribution in [2.24, 2.45) is 7.05 Å². The van der Waals surface area contributed by atoms with Gasteiger partial charge in [0.25, 0.3) is 5.89 Å². The number of nitrogens with one attached hydrogen (secondary N) is 1. The van der Waals surface area contributed by atoms with E-state index in [1.165, 1.54) is 0 Å². The summed E-state index contributed by atoms with van der Waals surface area (Å²) in [4.78, 5) is 4.45. The fraction of sp³-hybridized carbons (Fsp3) is 0.583. The molecular weight excluding hydrogens is 246 g/mol. The van der Waals surface area contributed by atoms with Gasteiger partial charge in [0.2, 0.25) is 0 Å². The minimum absolute atomic E-state index is 0.00741.